The minimum Gasteiger partial charge on any atom is -0.474 e. The van der Waals surface area contributed by atoms with E-state index in [1.807, 2.05) is 6.20 Å². The second kappa shape index (κ2) is 6.88. The Morgan fingerprint density at radius 1 is 1.28 bits per heavy atom. The van der Waals surface area contributed by atoms with Crippen molar-refractivity contribution in [3.8, 4) is 5.88 Å². The molecule has 0 atom stereocenters. The lowest BCUT2D eigenvalue weighted by molar-refractivity contribution is -0.140. The summed E-state index contributed by atoms with van der Waals surface area (Å²) in [4.78, 5) is 25.4. The average molecular weight is 467 g/mol. The molecule has 3 aliphatic rings. The lowest BCUT2D eigenvalue weighted by Gasteiger charge is -2.41. The Morgan fingerprint density at radius 3 is 2.62 bits per heavy atom. The molecule has 170 valence electrons. The van der Waals surface area contributed by atoms with Crippen molar-refractivity contribution in [2.24, 2.45) is 0 Å². The van der Waals surface area contributed by atoms with Gasteiger partial charge in [-0.2, -0.15) is 18.2 Å². The molecule has 1 saturated carbocycles. The van der Waals surface area contributed by atoms with E-state index in [-0.39, 0.29) is 33.7 Å². The van der Waals surface area contributed by atoms with E-state index in [1.165, 1.54) is 6.20 Å². The molecule has 1 aliphatic carbocycles. The monoisotopic (exact) mass is 467 g/mol. The van der Waals surface area contributed by atoms with Gasteiger partial charge in [-0.25, -0.2) is 9.97 Å². The fourth-order valence-corrected chi connectivity index (χ4v) is 5.12. The fraction of sp³-hybridized carbons (Fsp3) is 0.500. The van der Waals surface area contributed by atoms with E-state index >= 15 is 0 Å². The maximum atomic E-state index is 12.9. The number of ether oxygens (including phenoxy) is 2. The van der Waals surface area contributed by atoms with Crippen LogP contribution in [0.25, 0.3) is 5.78 Å². The van der Waals surface area contributed by atoms with Gasteiger partial charge in [0, 0.05) is 23.2 Å². The predicted molar refractivity (Wildman–Crippen MR) is 109 cm³/mol. The highest BCUT2D eigenvalue weighted by molar-refractivity contribution is 7.14. The Balaban J connectivity index is 1.48. The number of halogens is 3. The molecule has 5 heterocycles. The Hall–Kier alpha value is -2.73. The topological polar surface area (TPSA) is 90.6 Å². The van der Waals surface area contributed by atoms with Crippen molar-refractivity contribution in [1.82, 2.24) is 19.4 Å². The van der Waals surface area contributed by atoms with Crippen molar-refractivity contribution in [2.75, 3.05) is 11.9 Å². The number of anilines is 1. The van der Waals surface area contributed by atoms with Crippen LogP contribution >= 0.6 is 11.3 Å². The van der Waals surface area contributed by atoms with Crippen molar-refractivity contribution in [3.05, 3.63) is 34.7 Å². The third kappa shape index (κ3) is 3.51. The molecule has 0 unspecified atom stereocenters. The van der Waals surface area contributed by atoms with Crippen LogP contribution in [0.15, 0.2) is 17.8 Å². The van der Waals surface area contributed by atoms with Gasteiger partial charge >= 0.3 is 6.18 Å². The maximum absolute atomic E-state index is 12.9. The summed E-state index contributed by atoms with van der Waals surface area (Å²) < 4.78 is 51.6. The molecule has 3 aromatic heterocycles. The highest BCUT2D eigenvalue weighted by atomic mass is 32.1. The first-order valence-corrected chi connectivity index (χ1v) is 10.9. The molecule has 2 aliphatic heterocycles. The van der Waals surface area contributed by atoms with Gasteiger partial charge in [-0.1, -0.05) is 0 Å². The Morgan fingerprint density at radius 2 is 2.03 bits per heavy atom. The van der Waals surface area contributed by atoms with Crippen LogP contribution in [0.4, 0.5) is 18.3 Å². The summed E-state index contributed by atoms with van der Waals surface area (Å²) in [5, 5.41) is 3.09. The van der Waals surface area contributed by atoms with E-state index in [9.17, 15) is 18.0 Å². The van der Waals surface area contributed by atoms with Crippen molar-refractivity contribution in [1.29, 1.82) is 0 Å². The van der Waals surface area contributed by atoms with E-state index in [0.29, 0.717) is 23.7 Å². The first kappa shape index (κ1) is 21.1. The number of amides is 1. The number of alkyl halides is 3. The zero-order valence-corrected chi connectivity index (χ0v) is 18.3. The highest BCUT2D eigenvalue weighted by Gasteiger charge is 2.61. The largest absolute Gasteiger partial charge is 0.474 e. The lowest BCUT2D eigenvalue weighted by Crippen LogP contribution is -2.45. The molecule has 3 fully saturated rings. The van der Waals surface area contributed by atoms with Gasteiger partial charge in [0.2, 0.25) is 11.7 Å². The fourth-order valence-electron chi connectivity index (χ4n) is 4.41. The molecular weight excluding hydrogens is 447 g/mol. The third-order valence-corrected chi connectivity index (χ3v) is 6.44. The Bertz CT molecular complexity index is 1210. The van der Waals surface area contributed by atoms with Gasteiger partial charge in [-0.3, -0.25) is 14.5 Å². The molecule has 0 spiro atoms. The van der Waals surface area contributed by atoms with Gasteiger partial charge in [-0.05, 0) is 33.6 Å². The SMILES string of the molecule is CC(C)Oc1nc2nc(C34COC(C)(C3)C4)cn2cc1C(=O)Nc1nc(C(F)(F)F)cs1. The summed E-state index contributed by atoms with van der Waals surface area (Å²) in [5.41, 5.74) is -0.419. The van der Waals surface area contributed by atoms with Crippen LogP contribution in [0.2, 0.25) is 0 Å². The molecule has 2 saturated heterocycles. The van der Waals surface area contributed by atoms with E-state index in [1.54, 1.807) is 18.2 Å². The summed E-state index contributed by atoms with van der Waals surface area (Å²) in [6.07, 6.45) is 0.222. The van der Waals surface area contributed by atoms with Crippen molar-refractivity contribution in [2.45, 2.75) is 56.9 Å². The van der Waals surface area contributed by atoms with Crippen LogP contribution < -0.4 is 10.1 Å². The molecule has 1 amide bonds. The Labute approximate surface area is 184 Å². The van der Waals surface area contributed by atoms with E-state index in [2.05, 4.69) is 27.2 Å². The number of carbonyl (C=O) groups excluding carboxylic acids is 1. The number of fused-ring (bicyclic) bond motifs is 2. The second-order valence-corrected chi connectivity index (χ2v) is 9.68. The number of hydrogen-bond donors (Lipinski definition) is 1. The van der Waals surface area contributed by atoms with Crippen molar-refractivity contribution in [3.63, 3.8) is 0 Å². The van der Waals surface area contributed by atoms with Crippen LogP contribution in [0, 0.1) is 0 Å². The van der Waals surface area contributed by atoms with Crippen LogP contribution in [0.1, 0.15) is 55.4 Å². The molecule has 6 rings (SSSR count). The van der Waals surface area contributed by atoms with Gasteiger partial charge in [0.15, 0.2) is 10.8 Å². The smallest absolute Gasteiger partial charge is 0.434 e. The molecule has 8 nitrogen and oxygen atoms in total. The van der Waals surface area contributed by atoms with E-state index in [4.69, 9.17) is 9.47 Å². The number of hydrogen-bond acceptors (Lipinski definition) is 7. The van der Waals surface area contributed by atoms with Gasteiger partial charge in [0.1, 0.15) is 5.56 Å². The van der Waals surface area contributed by atoms with Crippen LogP contribution in [0.3, 0.4) is 0 Å². The summed E-state index contributed by atoms with van der Waals surface area (Å²) in [6.45, 7) is 6.23. The quantitative estimate of drug-likeness (QED) is 0.609. The first-order valence-electron chi connectivity index (χ1n) is 10.0. The zero-order valence-electron chi connectivity index (χ0n) is 17.5. The minimum atomic E-state index is -4.58. The van der Waals surface area contributed by atoms with Crippen LogP contribution in [-0.2, 0) is 16.3 Å². The Kier molecular flexibility index (Phi) is 4.55. The number of thiazole rings is 1. The van der Waals surface area contributed by atoms with Gasteiger partial charge in [0.25, 0.3) is 5.91 Å². The molecule has 2 bridgehead atoms. The van der Waals surface area contributed by atoms with E-state index < -0.39 is 17.8 Å². The predicted octanol–water partition coefficient (Wildman–Crippen LogP) is 4.06. The van der Waals surface area contributed by atoms with Crippen LogP contribution in [-0.4, -0.2) is 43.6 Å². The number of nitrogens with zero attached hydrogens (tertiary/aromatic N) is 4. The molecule has 1 N–H and O–H groups in total. The average Bonchev–Trinajstić information content (AvgIpc) is 3.41. The third-order valence-electron chi connectivity index (χ3n) is 5.68. The van der Waals surface area contributed by atoms with Crippen LogP contribution in [0.5, 0.6) is 5.88 Å². The van der Waals surface area contributed by atoms with Crippen molar-refractivity contribution < 1.29 is 27.4 Å². The molecule has 0 aromatic carbocycles. The van der Waals surface area contributed by atoms with Gasteiger partial charge < -0.3 is 9.47 Å². The van der Waals surface area contributed by atoms with Crippen molar-refractivity contribution >= 4 is 28.2 Å². The second-order valence-electron chi connectivity index (χ2n) is 8.82. The highest BCUT2D eigenvalue weighted by Crippen LogP contribution is 2.58. The number of imidazole rings is 1. The molecule has 3 aromatic rings. The minimum absolute atomic E-state index is 0.0494. The normalized spacial score (nSPS) is 24.7. The number of aromatic nitrogens is 4. The number of nitrogens with one attached hydrogen (secondary N) is 1. The summed E-state index contributed by atoms with van der Waals surface area (Å²) in [6, 6.07) is 0. The molecule has 12 heteroatoms. The molecule has 0 radical (unpaired) electrons. The standard InChI is InChI=1S/C20H20F3N5O3S/c1-10(2)31-15-11(14(29)26-17-25-13(6-32-17)20(21,22)23)4-28-5-12(24-16(28)27-15)19-7-18(3,8-19)30-9-19/h4-6,10H,7-9H2,1-3H3,(H,25,26,29). The summed E-state index contributed by atoms with van der Waals surface area (Å²) in [5.74, 6) is -0.254. The van der Waals surface area contributed by atoms with Gasteiger partial charge in [0.05, 0.1) is 24.0 Å². The molecular formula is C20H20F3N5O3S. The first-order chi connectivity index (χ1) is 15.0. The molecule has 32 heavy (non-hydrogen) atoms. The number of rotatable bonds is 5. The summed E-state index contributed by atoms with van der Waals surface area (Å²) in [7, 11) is 0. The maximum Gasteiger partial charge on any atom is 0.434 e. The number of carbonyl (C=O) groups is 1. The lowest BCUT2D eigenvalue weighted by atomic mass is 9.62. The van der Waals surface area contributed by atoms with Gasteiger partial charge in [-0.15, -0.1) is 11.3 Å². The van der Waals surface area contributed by atoms with E-state index in [0.717, 1.165) is 23.9 Å². The zero-order chi connectivity index (χ0) is 22.9. The summed E-state index contributed by atoms with van der Waals surface area (Å²) >= 11 is 0.691.